The van der Waals surface area contributed by atoms with Crippen LogP contribution in [0.2, 0.25) is 0 Å². The SMILES string of the molecule is [C-]#[N+]c1cccc(-c2cccc(-n3c4ccc(C#N)cc4c4cc(C#N)ccc43)c2)c1-c1ccccc1-n1c2ccccc2c2ccccc21. The molecule has 0 saturated heterocycles. The summed E-state index contributed by atoms with van der Waals surface area (Å²) in [6.07, 6.45) is 0. The highest BCUT2D eigenvalue weighted by Crippen LogP contribution is 2.44. The van der Waals surface area contributed by atoms with Crippen LogP contribution in [0.1, 0.15) is 11.1 Å². The molecule has 9 rings (SSSR count). The van der Waals surface area contributed by atoms with Crippen LogP contribution in [-0.4, -0.2) is 9.13 Å². The van der Waals surface area contributed by atoms with Gasteiger partial charge in [0.1, 0.15) is 0 Å². The Morgan fingerprint density at radius 2 is 1.04 bits per heavy atom. The summed E-state index contributed by atoms with van der Waals surface area (Å²) < 4.78 is 4.49. The molecule has 5 nitrogen and oxygen atoms in total. The summed E-state index contributed by atoms with van der Waals surface area (Å²) in [5.41, 5.74) is 11.5. The van der Waals surface area contributed by atoms with E-state index in [1.54, 1.807) is 0 Å². The topological polar surface area (TPSA) is 61.8 Å². The Morgan fingerprint density at radius 3 is 1.68 bits per heavy atom. The third kappa shape index (κ3) is 4.31. The molecule has 0 aliphatic carbocycles. The Kier molecular flexibility index (Phi) is 6.56. The van der Waals surface area contributed by atoms with E-state index in [9.17, 15) is 10.5 Å². The largest absolute Gasteiger partial charge is 0.309 e. The van der Waals surface area contributed by atoms with Gasteiger partial charge in [0.05, 0.1) is 57.6 Å². The first-order valence-electron chi connectivity index (χ1n) is 16.3. The van der Waals surface area contributed by atoms with Crippen LogP contribution < -0.4 is 0 Å². The molecule has 0 radical (unpaired) electrons. The zero-order valence-corrected chi connectivity index (χ0v) is 26.7. The minimum absolute atomic E-state index is 0.565. The van der Waals surface area contributed by atoms with Gasteiger partial charge in [0.2, 0.25) is 0 Å². The van der Waals surface area contributed by atoms with E-state index in [-0.39, 0.29) is 0 Å². The maximum absolute atomic E-state index is 9.67. The maximum atomic E-state index is 9.67. The molecule has 2 aromatic heterocycles. The van der Waals surface area contributed by atoms with Crippen LogP contribution in [0.15, 0.2) is 152 Å². The fourth-order valence-corrected chi connectivity index (χ4v) is 7.47. The first-order valence-corrected chi connectivity index (χ1v) is 16.3. The molecule has 0 unspecified atom stereocenters. The van der Waals surface area contributed by atoms with E-state index in [2.05, 4.69) is 117 Å². The van der Waals surface area contributed by atoms with Gasteiger partial charge in [-0.05, 0) is 89.0 Å². The molecular formula is C45H25N5. The van der Waals surface area contributed by atoms with Crippen molar-refractivity contribution in [2.75, 3.05) is 0 Å². The van der Waals surface area contributed by atoms with Gasteiger partial charge in [-0.3, -0.25) is 0 Å². The molecule has 230 valence electrons. The summed E-state index contributed by atoms with van der Waals surface area (Å²) in [6.45, 7) is 8.27. The van der Waals surface area contributed by atoms with Gasteiger partial charge < -0.3 is 9.13 Å². The molecule has 2 heterocycles. The molecule has 0 aliphatic heterocycles. The summed E-state index contributed by atoms with van der Waals surface area (Å²) in [6, 6.07) is 55.5. The Morgan fingerprint density at radius 1 is 0.480 bits per heavy atom. The number of fused-ring (bicyclic) bond motifs is 6. The van der Waals surface area contributed by atoms with Crippen molar-refractivity contribution in [1.29, 1.82) is 10.5 Å². The quantitative estimate of drug-likeness (QED) is 0.181. The molecule has 5 heteroatoms. The minimum atomic E-state index is 0.565. The maximum Gasteiger partial charge on any atom is 0.195 e. The van der Waals surface area contributed by atoms with E-state index in [0.29, 0.717) is 16.8 Å². The summed E-state index contributed by atoms with van der Waals surface area (Å²) in [4.78, 5) is 4.05. The van der Waals surface area contributed by atoms with E-state index < -0.39 is 0 Å². The second-order valence-electron chi connectivity index (χ2n) is 12.3. The summed E-state index contributed by atoms with van der Waals surface area (Å²) >= 11 is 0. The Balaban J connectivity index is 1.29. The van der Waals surface area contributed by atoms with Crippen molar-refractivity contribution in [2.24, 2.45) is 0 Å². The Labute approximate surface area is 288 Å². The van der Waals surface area contributed by atoms with Gasteiger partial charge in [-0.1, -0.05) is 84.9 Å². The number of hydrogen-bond acceptors (Lipinski definition) is 2. The third-order valence-electron chi connectivity index (χ3n) is 9.60. The number of aromatic nitrogens is 2. The smallest absolute Gasteiger partial charge is 0.195 e. The molecule has 7 aromatic carbocycles. The van der Waals surface area contributed by atoms with Crippen LogP contribution in [0.3, 0.4) is 0 Å². The molecular weight excluding hydrogens is 611 g/mol. The van der Waals surface area contributed by atoms with E-state index in [1.807, 2.05) is 60.7 Å². The van der Waals surface area contributed by atoms with Crippen molar-refractivity contribution in [3.05, 3.63) is 174 Å². The van der Waals surface area contributed by atoms with Crippen LogP contribution in [-0.2, 0) is 0 Å². The van der Waals surface area contributed by atoms with Gasteiger partial charge in [0.25, 0.3) is 0 Å². The van der Waals surface area contributed by atoms with Gasteiger partial charge >= 0.3 is 0 Å². The lowest BCUT2D eigenvalue weighted by molar-refractivity contribution is 1.18. The molecule has 0 N–H and O–H groups in total. The van der Waals surface area contributed by atoms with Crippen LogP contribution in [0.5, 0.6) is 0 Å². The van der Waals surface area contributed by atoms with E-state index >= 15 is 0 Å². The normalized spacial score (nSPS) is 11.1. The van der Waals surface area contributed by atoms with Crippen LogP contribution in [0, 0.1) is 29.2 Å². The van der Waals surface area contributed by atoms with Crippen molar-refractivity contribution in [1.82, 2.24) is 9.13 Å². The van der Waals surface area contributed by atoms with Crippen LogP contribution >= 0.6 is 0 Å². The molecule has 0 aliphatic rings. The lowest BCUT2D eigenvalue weighted by atomic mass is 9.91. The predicted molar refractivity (Wildman–Crippen MR) is 202 cm³/mol. The summed E-state index contributed by atoms with van der Waals surface area (Å²) in [7, 11) is 0. The monoisotopic (exact) mass is 635 g/mol. The van der Waals surface area contributed by atoms with Gasteiger partial charge in [0.15, 0.2) is 5.69 Å². The fraction of sp³-hybridized carbons (Fsp3) is 0. The van der Waals surface area contributed by atoms with E-state index in [1.165, 1.54) is 10.8 Å². The summed E-state index contributed by atoms with van der Waals surface area (Å²) in [5, 5.41) is 23.5. The predicted octanol–water partition coefficient (Wildman–Crippen LogP) is 11.5. The highest BCUT2D eigenvalue weighted by molar-refractivity contribution is 6.11. The van der Waals surface area contributed by atoms with Gasteiger partial charge in [0, 0.05) is 27.2 Å². The molecule has 0 bridgehead atoms. The highest BCUT2D eigenvalue weighted by Gasteiger charge is 2.20. The number of nitrogens with zero attached hydrogens (tertiary/aromatic N) is 5. The van der Waals surface area contributed by atoms with Crippen molar-refractivity contribution >= 4 is 49.3 Å². The van der Waals surface area contributed by atoms with E-state index in [4.69, 9.17) is 6.57 Å². The van der Waals surface area contributed by atoms with Gasteiger partial charge in [-0.25, -0.2) is 4.85 Å². The summed E-state index contributed by atoms with van der Waals surface area (Å²) in [5.74, 6) is 0. The Hall–Kier alpha value is -7.39. The first kappa shape index (κ1) is 28.8. The second kappa shape index (κ2) is 11.4. The Bertz CT molecular complexity index is 2850. The molecule has 0 atom stereocenters. The third-order valence-corrected chi connectivity index (χ3v) is 9.60. The lowest BCUT2D eigenvalue weighted by Crippen LogP contribution is -1.98. The minimum Gasteiger partial charge on any atom is -0.309 e. The number of rotatable bonds is 4. The number of nitriles is 2. The lowest BCUT2D eigenvalue weighted by Gasteiger charge is -2.19. The zero-order chi connectivity index (χ0) is 33.8. The van der Waals surface area contributed by atoms with Crippen LogP contribution in [0.25, 0.3) is 82.1 Å². The molecule has 0 spiro atoms. The molecule has 0 fully saturated rings. The fourth-order valence-electron chi connectivity index (χ4n) is 7.47. The van der Waals surface area contributed by atoms with Gasteiger partial charge in [-0.2, -0.15) is 10.5 Å². The zero-order valence-electron chi connectivity index (χ0n) is 26.7. The number of benzene rings is 7. The first-order chi connectivity index (χ1) is 24.7. The van der Waals surface area contributed by atoms with Crippen molar-refractivity contribution in [3.63, 3.8) is 0 Å². The van der Waals surface area contributed by atoms with Crippen molar-refractivity contribution < 1.29 is 0 Å². The van der Waals surface area contributed by atoms with Crippen LogP contribution in [0.4, 0.5) is 5.69 Å². The average molecular weight is 636 g/mol. The second-order valence-corrected chi connectivity index (χ2v) is 12.3. The number of para-hydroxylation sites is 3. The van der Waals surface area contributed by atoms with Crippen molar-refractivity contribution in [2.45, 2.75) is 0 Å². The molecule has 0 saturated carbocycles. The molecule has 50 heavy (non-hydrogen) atoms. The van der Waals surface area contributed by atoms with E-state index in [0.717, 1.165) is 66.5 Å². The average Bonchev–Trinajstić information content (AvgIpc) is 3.69. The molecule has 0 amide bonds. The number of hydrogen-bond donors (Lipinski definition) is 0. The van der Waals surface area contributed by atoms with Gasteiger partial charge in [-0.15, -0.1) is 0 Å². The standard InChI is InChI=1S/C45H25N5/c1-48-39-16-9-15-33(45(39)36-14-4-7-19-42(36)50-40-17-5-2-12-34(40)35-13-3-6-18-41(35)50)31-10-8-11-32(26-31)49-43-22-20-29(27-46)24-37(43)38-25-30(28-47)21-23-44(38)49/h2-26H. The molecule has 9 aromatic rings. The highest BCUT2D eigenvalue weighted by atomic mass is 15.0. The van der Waals surface area contributed by atoms with Crippen molar-refractivity contribution in [3.8, 4) is 45.8 Å².